The minimum Gasteiger partial charge on any atom is -0.462 e. The van der Waals surface area contributed by atoms with Crippen LogP contribution >= 0.6 is 0 Å². The van der Waals surface area contributed by atoms with Gasteiger partial charge < -0.3 is 14.5 Å². The molecule has 2 aromatic carbocycles. The van der Waals surface area contributed by atoms with Gasteiger partial charge in [-0.3, -0.25) is 4.79 Å². The Kier molecular flexibility index (Phi) is 4.61. The lowest BCUT2D eigenvalue weighted by molar-refractivity contribution is 0.0527. The van der Waals surface area contributed by atoms with Crippen molar-refractivity contribution in [3.63, 3.8) is 0 Å². The third kappa shape index (κ3) is 3.42. The summed E-state index contributed by atoms with van der Waals surface area (Å²) in [5.41, 5.74) is -0.0143. The van der Waals surface area contributed by atoms with Gasteiger partial charge in [0.05, 0.1) is 17.9 Å². The standard InChI is InChI=1S/C19H15NO5/c1-2-24-18(22)13-8-4-5-9-15(13)20-17(21)14-11-12-7-3-6-10-16(12)25-19(14)23/h3-11H,2H2,1H3,(H,20,21). The van der Waals surface area contributed by atoms with Crippen molar-refractivity contribution in [3.8, 4) is 0 Å². The van der Waals surface area contributed by atoms with E-state index in [1.807, 2.05) is 0 Å². The molecule has 126 valence electrons. The van der Waals surface area contributed by atoms with Crippen LogP contribution in [0.4, 0.5) is 5.69 Å². The number of carbonyl (C=O) groups excluding carboxylic acids is 2. The molecular formula is C19H15NO5. The van der Waals surface area contributed by atoms with Gasteiger partial charge in [0.2, 0.25) is 0 Å². The summed E-state index contributed by atoms with van der Waals surface area (Å²) in [5, 5.41) is 3.20. The molecule has 0 aliphatic carbocycles. The maximum absolute atomic E-state index is 12.5. The average Bonchev–Trinajstić information content (AvgIpc) is 2.61. The Morgan fingerprint density at radius 1 is 1.04 bits per heavy atom. The van der Waals surface area contributed by atoms with Crippen molar-refractivity contribution < 1.29 is 18.7 Å². The SMILES string of the molecule is CCOC(=O)c1ccccc1NC(=O)c1cc2ccccc2oc1=O. The van der Waals surface area contributed by atoms with E-state index in [-0.39, 0.29) is 23.4 Å². The van der Waals surface area contributed by atoms with E-state index in [9.17, 15) is 14.4 Å². The molecule has 0 bridgehead atoms. The van der Waals surface area contributed by atoms with E-state index in [4.69, 9.17) is 9.15 Å². The summed E-state index contributed by atoms with van der Waals surface area (Å²) >= 11 is 0. The number of carbonyl (C=O) groups is 2. The first-order valence-corrected chi connectivity index (χ1v) is 7.70. The van der Waals surface area contributed by atoms with Crippen molar-refractivity contribution in [2.75, 3.05) is 11.9 Å². The Morgan fingerprint density at radius 2 is 1.76 bits per heavy atom. The molecule has 1 N–H and O–H groups in total. The number of anilines is 1. The minimum atomic E-state index is -0.746. The van der Waals surface area contributed by atoms with Gasteiger partial charge in [-0.05, 0) is 31.2 Å². The lowest BCUT2D eigenvalue weighted by Crippen LogP contribution is -2.22. The Bertz CT molecular complexity index is 1010. The maximum Gasteiger partial charge on any atom is 0.349 e. The number of hydrogen-bond donors (Lipinski definition) is 1. The highest BCUT2D eigenvalue weighted by atomic mass is 16.5. The Hall–Kier alpha value is -3.41. The van der Waals surface area contributed by atoms with Crippen molar-refractivity contribution >= 4 is 28.5 Å². The molecule has 0 spiro atoms. The normalized spacial score (nSPS) is 10.4. The molecule has 3 rings (SSSR count). The summed E-state index contributed by atoms with van der Waals surface area (Å²) in [6, 6.07) is 14.8. The fraction of sp³-hybridized carbons (Fsp3) is 0.105. The highest BCUT2D eigenvalue weighted by Crippen LogP contribution is 2.18. The highest BCUT2D eigenvalue weighted by Gasteiger charge is 2.18. The highest BCUT2D eigenvalue weighted by molar-refractivity contribution is 6.08. The van der Waals surface area contributed by atoms with Gasteiger partial charge in [0, 0.05) is 5.39 Å². The monoisotopic (exact) mass is 337 g/mol. The molecule has 6 heteroatoms. The molecule has 0 saturated carbocycles. The zero-order valence-corrected chi connectivity index (χ0v) is 13.4. The van der Waals surface area contributed by atoms with Crippen LogP contribution in [0.15, 0.2) is 63.8 Å². The molecule has 0 radical (unpaired) electrons. The molecule has 3 aromatic rings. The second-order valence-corrected chi connectivity index (χ2v) is 5.21. The fourth-order valence-corrected chi connectivity index (χ4v) is 2.39. The Morgan fingerprint density at radius 3 is 2.56 bits per heavy atom. The molecule has 1 aromatic heterocycles. The average molecular weight is 337 g/mol. The van der Waals surface area contributed by atoms with Crippen molar-refractivity contribution in [3.05, 3.63) is 76.1 Å². The summed E-state index contributed by atoms with van der Waals surface area (Å²) in [5.74, 6) is -1.21. The number of fused-ring (bicyclic) bond motifs is 1. The van der Waals surface area contributed by atoms with E-state index in [1.165, 1.54) is 12.1 Å². The molecule has 0 aliphatic heterocycles. The van der Waals surface area contributed by atoms with Crippen LogP contribution in [0.2, 0.25) is 0 Å². The summed E-state index contributed by atoms with van der Waals surface area (Å²) in [6.07, 6.45) is 0. The fourth-order valence-electron chi connectivity index (χ4n) is 2.39. The topological polar surface area (TPSA) is 85.6 Å². The van der Waals surface area contributed by atoms with Crippen LogP contribution in [0, 0.1) is 0 Å². The lowest BCUT2D eigenvalue weighted by atomic mass is 10.1. The number of amides is 1. The molecule has 0 atom stereocenters. The summed E-state index contributed by atoms with van der Waals surface area (Å²) in [7, 11) is 0. The van der Waals surface area contributed by atoms with Gasteiger partial charge in [-0.2, -0.15) is 0 Å². The molecule has 6 nitrogen and oxygen atoms in total. The first kappa shape index (κ1) is 16.4. The van der Waals surface area contributed by atoms with Gasteiger partial charge in [0.15, 0.2) is 0 Å². The summed E-state index contributed by atoms with van der Waals surface area (Å²) in [4.78, 5) is 36.5. The number of nitrogens with one attached hydrogen (secondary N) is 1. The molecule has 0 unspecified atom stereocenters. The van der Waals surface area contributed by atoms with E-state index in [0.29, 0.717) is 11.0 Å². The van der Waals surface area contributed by atoms with Crippen LogP contribution in [0.25, 0.3) is 11.0 Å². The summed E-state index contributed by atoms with van der Waals surface area (Å²) < 4.78 is 10.1. The molecule has 0 saturated heterocycles. The molecule has 1 heterocycles. The largest absolute Gasteiger partial charge is 0.462 e. The van der Waals surface area contributed by atoms with E-state index in [0.717, 1.165) is 0 Å². The van der Waals surface area contributed by atoms with Crippen LogP contribution < -0.4 is 10.9 Å². The second kappa shape index (κ2) is 7.00. The quantitative estimate of drug-likeness (QED) is 0.583. The first-order valence-electron chi connectivity index (χ1n) is 7.70. The van der Waals surface area contributed by atoms with Crippen LogP contribution in [-0.4, -0.2) is 18.5 Å². The van der Waals surface area contributed by atoms with Gasteiger partial charge in [-0.25, -0.2) is 9.59 Å². The summed E-state index contributed by atoms with van der Waals surface area (Å²) in [6.45, 7) is 1.91. The van der Waals surface area contributed by atoms with E-state index >= 15 is 0 Å². The van der Waals surface area contributed by atoms with Gasteiger partial charge in [0.1, 0.15) is 11.1 Å². The lowest BCUT2D eigenvalue weighted by Gasteiger charge is -2.10. The number of ether oxygens (including phenoxy) is 1. The van der Waals surface area contributed by atoms with Gasteiger partial charge in [-0.15, -0.1) is 0 Å². The predicted molar refractivity (Wildman–Crippen MR) is 92.8 cm³/mol. The van der Waals surface area contributed by atoms with Crippen molar-refractivity contribution in [1.29, 1.82) is 0 Å². The van der Waals surface area contributed by atoms with Crippen molar-refractivity contribution in [2.45, 2.75) is 6.92 Å². The second-order valence-electron chi connectivity index (χ2n) is 5.21. The van der Waals surface area contributed by atoms with Gasteiger partial charge in [0.25, 0.3) is 5.91 Å². The van der Waals surface area contributed by atoms with Gasteiger partial charge >= 0.3 is 11.6 Å². The Balaban J connectivity index is 1.95. The Labute approximate surface area is 143 Å². The third-order valence-electron chi connectivity index (χ3n) is 3.56. The van der Waals surface area contributed by atoms with Crippen LogP contribution in [-0.2, 0) is 4.74 Å². The number of esters is 1. The zero-order chi connectivity index (χ0) is 17.8. The van der Waals surface area contributed by atoms with Gasteiger partial charge in [-0.1, -0.05) is 30.3 Å². The first-order chi connectivity index (χ1) is 12.1. The number of hydrogen-bond acceptors (Lipinski definition) is 5. The van der Waals surface area contributed by atoms with Crippen molar-refractivity contribution in [2.24, 2.45) is 0 Å². The van der Waals surface area contributed by atoms with Crippen LogP contribution in [0.3, 0.4) is 0 Å². The number of para-hydroxylation sites is 2. The predicted octanol–water partition coefficient (Wildman–Crippen LogP) is 3.22. The zero-order valence-electron chi connectivity index (χ0n) is 13.4. The molecular weight excluding hydrogens is 322 g/mol. The van der Waals surface area contributed by atoms with E-state index in [2.05, 4.69) is 5.32 Å². The molecule has 1 amide bonds. The number of rotatable bonds is 4. The minimum absolute atomic E-state index is 0.141. The molecule has 25 heavy (non-hydrogen) atoms. The van der Waals surface area contributed by atoms with E-state index in [1.54, 1.807) is 49.4 Å². The smallest absolute Gasteiger partial charge is 0.349 e. The van der Waals surface area contributed by atoms with E-state index < -0.39 is 17.5 Å². The van der Waals surface area contributed by atoms with Crippen LogP contribution in [0.5, 0.6) is 0 Å². The van der Waals surface area contributed by atoms with Crippen molar-refractivity contribution in [1.82, 2.24) is 0 Å². The third-order valence-corrected chi connectivity index (χ3v) is 3.56. The van der Waals surface area contributed by atoms with Crippen LogP contribution in [0.1, 0.15) is 27.6 Å². The molecule has 0 fully saturated rings. The number of benzene rings is 2. The molecule has 0 aliphatic rings. The maximum atomic E-state index is 12.5.